The molecule has 29 heavy (non-hydrogen) atoms. The Morgan fingerprint density at radius 3 is 2.52 bits per heavy atom. The van der Waals surface area contributed by atoms with Crippen molar-refractivity contribution in [2.24, 2.45) is 0 Å². The van der Waals surface area contributed by atoms with Crippen molar-refractivity contribution in [3.05, 3.63) is 105 Å². The van der Waals surface area contributed by atoms with E-state index in [-0.39, 0.29) is 10.6 Å². The number of hydrogen-bond acceptors (Lipinski definition) is 2. The molecule has 0 aliphatic heterocycles. The van der Waals surface area contributed by atoms with Crippen LogP contribution in [0.15, 0.2) is 77.6 Å². The molecule has 0 spiro atoms. The van der Waals surface area contributed by atoms with E-state index in [1.54, 1.807) is 6.92 Å². The molecule has 0 saturated heterocycles. The van der Waals surface area contributed by atoms with Crippen LogP contribution in [0.5, 0.6) is 0 Å². The van der Waals surface area contributed by atoms with Crippen LogP contribution < -0.4 is 5.56 Å². The number of halogens is 1. The number of rotatable bonds is 3. The third kappa shape index (κ3) is 2.93. The molecule has 5 aromatic rings. The van der Waals surface area contributed by atoms with Crippen molar-refractivity contribution in [3.8, 4) is 11.1 Å². The van der Waals surface area contributed by atoms with Crippen molar-refractivity contribution in [1.29, 1.82) is 0 Å². The average molecular weight is 400 g/mol. The van der Waals surface area contributed by atoms with Gasteiger partial charge in [-0.15, -0.1) is 0 Å². The van der Waals surface area contributed by atoms with Crippen LogP contribution in [0.25, 0.3) is 27.5 Å². The largest absolute Gasteiger partial charge is 0.293 e. The molecular formula is C24H18ClN3O. The predicted molar refractivity (Wildman–Crippen MR) is 118 cm³/mol. The summed E-state index contributed by atoms with van der Waals surface area (Å²) in [6, 6.07) is 24.6. The quantitative estimate of drug-likeness (QED) is 0.442. The van der Waals surface area contributed by atoms with Gasteiger partial charge in [-0.3, -0.25) is 9.89 Å². The van der Waals surface area contributed by atoms with E-state index in [9.17, 15) is 4.79 Å². The lowest BCUT2D eigenvalue weighted by molar-refractivity contribution is 0.859. The van der Waals surface area contributed by atoms with Gasteiger partial charge in [-0.25, -0.2) is 4.98 Å². The summed E-state index contributed by atoms with van der Waals surface area (Å²) in [4.78, 5) is 17.5. The molecule has 0 bridgehead atoms. The molecule has 3 aromatic carbocycles. The predicted octanol–water partition coefficient (Wildman–Crippen LogP) is 5.40. The highest BCUT2D eigenvalue weighted by Crippen LogP contribution is 2.34. The normalized spacial score (nSPS) is 11.4. The van der Waals surface area contributed by atoms with Crippen molar-refractivity contribution in [2.75, 3.05) is 0 Å². The van der Waals surface area contributed by atoms with Crippen molar-refractivity contribution in [2.45, 2.75) is 13.3 Å². The summed E-state index contributed by atoms with van der Waals surface area (Å²) in [6.45, 7) is 1.76. The Balaban J connectivity index is 1.87. The minimum absolute atomic E-state index is 0.138. The Kier molecular flexibility index (Phi) is 4.22. The van der Waals surface area contributed by atoms with E-state index in [4.69, 9.17) is 11.6 Å². The first-order valence-corrected chi connectivity index (χ1v) is 9.83. The molecule has 4 nitrogen and oxygen atoms in total. The minimum atomic E-state index is -0.282. The molecule has 0 amide bonds. The third-order valence-corrected chi connectivity index (χ3v) is 5.68. The summed E-state index contributed by atoms with van der Waals surface area (Å²) in [5.41, 5.74) is 4.90. The fourth-order valence-corrected chi connectivity index (χ4v) is 3.99. The smallest absolute Gasteiger partial charge is 0.291 e. The fourth-order valence-electron chi connectivity index (χ4n) is 3.86. The molecule has 2 heterocycles. The highest BCUT2D eigenvalue weighted by atomic mass is 35.5. The zero-order valence-corrected chi connectivity index (χ0v) is 16.6. The Hall–Kier alpha value is -3.37. The van der Waals surface area contributed by atoms with Crippen LogP contribution in [0.3, 0.4) is 0 Å². The lowest BCUT2D eigenvalue weighted by Crippen LogP contribution is -2.17. The first kappa shape index (κ1) is 17.7. The molecule has 5 rings (SSSR count). The van der Waals surface area contributed by atoms with Crippen molar-refractivity contribution in [3.63, 3.8) is 0 Å². The van der Waals surface area contributed by atoms with Gasteiger partial charge in [0.15, 0.2) is 5.65 Å². The van der Waals surface area contributed by atoms with Crippen LogP contribution in [0.2, 0.25) is 5.02 Å². The number of aromatic amines is 1. The Bertz CT molecular complexity index is 1410. The van der Waals surface area contributed by atoms with Crippen molar-refractivity contribution < 1.29 is 0 Å². The highest BCUT2D eigenvalue weighted by Gasteiger charge is 2.20. The molecule has 0 atom stereocenters. The zero-order chi connectivity index (χ0) is 20.0. The second kappa shape index (κ2) is 6.90. The Morgan fingerprint density at radius 1 is 0.966 bits per heavy atom. The molecule has 0 fully saturated rings. The van der Waals surface area contributed by atoms with E-state index >= 15 is 0 Å². The first-order valence-electron chi connectivity index (χ1n) is 9.45. The summed E-state index contributed by atoms with van der Waals surface area (Å²) in [6.07, 6.45) is 0.652. The molecule has 0 aliphatic carbocycles. The molecule has 2 aromatic heterocycles. The van der Waals surface area contributed by atoms with Crippen LogP contribution in [0, 0.1) is 6.92 Å². The SMILES string of the molecule is Cc1nc2c(-c3cccc4ccccc34)c(Cc3ccccc3)[nH]n2c(=O)c1Cl. The van der Waals surface area contributed by atoms with Gasteiger partial charge in [0.25, 0.3) is 5.56 Å². The van der Waals surface area contributed by atoms with Gasteiger partial charge in [0, 0.05) is 17.7 Å². The van der Waals surface area contributed by atoms with Gasteiger partial charge in [0.1, 0.15) is 5.02 Å². The number of benzene rings is 3. The molecule has 0 radical (unpaired) electrons. The van der Waals surface area contributed by atoms with E-state index in [1.807, 2.05) is 36.4 Å². The van der Waals surface area contributed by atoms with Gasteiger partial charge in [-0.2, -0.15) is 4.52 Å². The van der Waals surface area contributed by atoms with Crippen LogP contribution >= 0.6 is 11.6 Å². The number of nitrogens with one attached hydrogen (secondary N) is 1. The Morgan fingerprint density at radius 2 is 1.69 bits per heavy atom. The Labute approximate surface area is 172 Å². The maximum Gasteiger partial charge on any atom is 0.291 e. The van der Waals surface area contributed by atoms with Crippen LogP contribution in [-0.4, -0.2) is 14.6 Å². The van der Waals surface area contributed by atoms with E-state index in [0.717, 1.165) is 33.2 Å². The minimum Gasteiger partial charge on any atom is -0.293 e. The molecule has 0 unspecified atom stereocenters. The van der Waals surface area contributed by atoms with Crippen LogP contribution in [-0.2, 0) is 6.42 Å². The molecule has 0 aliphatic rings. The zero-order valence-electron chi connectivity index (χ0n) is 15.8. The standard InChI is InChI=1S/C24H18ClN3O/c1-15-22(25)24(29)28-23(26-15)21(20(27-28)14-16-8-3-2-4-9-16)19-13-7-11-17-10-5-6-12-18(17)19/h2-13,27H,14H2,1H3. The van der Waals surface area contributed by atoms with Gasteiger partial charge in [-0.05, 0) is 28.8 Å². The average Bonchev–Trinajstić information content (AvgIpc) is 3.10. The topological polar surface area (TPSA) is 50.2 Å². The lowest BCUT2D eigenvalue weighted by atomic mass is 9.96. The summed E-state index contributed by atoms with van der Waals surface area (Å²) in [5.74, 6) is 0. The fraction of sp³-hybridized carbons (Fsp3) is 0.0833. The number of H-pyrrole nitrogens is 1. The number of hydrogen-bond donors (Lipinski definition) is 1. The van der Waals surface area contributed by atoms with E-state index < -0.39 is 0 Å². The second-order valence-electron chi connectivity index (χ2n) is 7.13. The molecule has 142 valence electrons. The summed E-state index contributed by atoms with van der Waals surface area (Å²) < 4.78 is 1.46. The van der Waals surface area contributed by atoms with Crippen LogP contribution in [0.4, 0.5) is 0 Å². The number of aryl methyl sites for hydroxylation is 1. The molecule has 1 N–H and O–H groups in total. The molecule has 5 heteroatoms. The highest BCUT2D eigenvalue weighted by molar-refractivity contribution is 6.31. The van der Waals surface area contributed by atoms with E-state index in [0.29, 0.717) is 17.8 Å². The van der Waals surface area contributed by atoms with Gasteiger partial charge in [-0.1, -0.05) is 84.4 Å². The van der Waals surface area contributed by atoms with Crippen molar-refractivity contribution in [1.82, 2.24) is 14.6 Å². The van der Waals surface area contributed by atoms with Gasteiger partial charge >= 0.3 is 0 Å². The maximum absolute atomic E-state index is 12.8. The molecular weight excluding hydrogens is 382 g/mol. The monoisotopic (exact) mass is 399 g/mol. The van der Waals surface area contributed by atoms with Crippen molar-refractivity contribution >= 4 is 28.0 Å². The lowest BCUT2D eigenvalue weighted by Gasteiger charge is -2.08. The van der Waals surface area contributed by atoms with Crippen LogP contribution in [0.1, 0.15) is 17.0 Å². The van der Waals surface area contributed by atoms with Gasteiger partial charge < -0.3 is 0 Å². The summed E-state index contributed by atoms with van der Waals surface area (Å²) >= 11 is 6.20. The number of nitrogens with zero attached hydrogens (tertiary/aromatic N) is 2. The number of fused-ring (bicyclic) bond motifs is 2. The molecule has 0 saturated carbocycles. The maximum atomic E-state index is 12.8. The van der Waals surface area contributed by atoms with E-state index in [2.05, 4.69) is 46.5 Å². The third-order valence-electron chi connectivity index (χ3n) is 5.25. The summed E-state index contributed by atoms with van der Waals surface area (Å²) in [7, 11) is 0. The second-order valence-corrected chi connectivity index (χ2v) is 7.51. The van der Waals surface area contributed by atoms with E-state index in [1.165, 1.54) is 4.52 Å². The van der Waals surface area contributed by atoms with Gasteiger partial charge in [0.05, 0.1) is 5.69 Å². The first-order chi connectivity index (χ1) is 14.1. The number of aromatic nitrogens is 3. The van der Waals surface area contributed by atoms with Gasteiger partial charge in [0.2, 0.25) is 0 Å². The summed E-state index contributed by atoms with van der Waals surface area (Å²) in [5, 5.41) is 5.67.